The number of carboxylic acid groups (broad SMARTS) is 1. The number of aliphatic carboxylic acids is 1. The van der Waals surface area contributed by atoms with Gasteiger partial charge in [-0.2, -0.15) is 0 Å². The predicted octanol–water partition coefficient (Wildman–Crippen LogP) is 4.57. The molecule has 0 fully saturated rings. The molecule has 152 valence electrons. The van der Waals surface area contributed by atoms with E-state index in [-0.39, 0.29) is 0 Å². The normalized spacial score (nSPS) is 11.9. The maximum absolute atomic E-state index is 11.2. The number of carbonyl (C=O) groups is 1. The van der Waals surface area contributed by atoms with Crippen LogP contribution >= 0.6 is 0 Å². The van der Waals surface area contributed by atoms with E-state index in [9.17, 15) is 9.90 Å². The third-order valence-corrected chi connectivity index (χ3v) is 4.84. The molecule has 0 unspecified atom stereocenters. The summed E-state index contributed by atoms with van der Waals surface area (Å²) in [6, 6.07) is 22.1. The average Bonchev–Trinajstić information content (AvgIpc) is 3.10. The largest absolute Gasteiger partial charge is 0.492 e. The molecule has 0 aliphatic heterocycles. The fourth-order valence-corrected chi connectivity index (χ4v) is 3.34. The topological polar surface area (TPSA) is 60.7 Å². The van der Waals surface area contributed by atoms with Gasteiger partial charge in [-0.15, -0.1) is 0 Å². The SMILES string of the molecule is CCO[C@H](Cc1ccc(OCCn2c(C)ccc2-c2ccccc2)cc1)C(=O)O. The second-order valence-corrected chi connectivity index (χ2v) is 6.86. The van der Waals surface area contributed by atoms with E-state index in [2.05, 4.69) is 35.8 Å². The van der Waals surface area contributed by atoms with E-state index in [1.807, 2.05) is 42.5 Å². The van der Waals surface area contributed by atoms with Gasteiger partial charge in [0.1, 0.15) is 12.4 Å². The Labute approximate surface area is 171 Å². The Bertz CT molecular complexity index is 916. The molecule has 2 aromatic carbocycles. The van der Waals surface area contributed by atoms with Crippen LogP contribution < -0.4 is 4.74 Å². The molecule has 0 saturated heterocycles. The van der Waals surface area contributed by atoms with Gasteiger partial charge in [0.05, 0.1) is 6.54 Å². The molecule has 3 aromatic rings. The lowest BCUT2D eigenvalue weighted by atomic mass is 10.1. The van der Waals surface area contributed by atoms with Crippen molar-refractivity contribution in [3.63, 3.8) is 0 Å². The predicted molar refractivity (Wildman–Crippen MR) is 113 cm³/mol. The van der Waals surface area contributed by atoms with E-state index in [0.717, 1.165) is 17.9 Å². The molecular formula is C24H27NO4. The van der Waals surface area contributed by atoms with Gasteiger partial charge >= 0.3 is 5.97 Å². The highest BCUT2D eigenvalue weighted by atomic mass is 16.5. The highest BCUT2D eigenvalue weighted by Gasteiger charge is 2.17. The minimum atomic E-state index is -0.941. The molecule has 29 heavy (non-hydrogen) atoms. The van der Waals surface area contributed by atoms with Crippen LogP contribution in [0, 0.1) is 6.92 Å². The Balaban J connectivity index is 1.58. The fraction of sp³-hybridized carbons (Fsp3) is 0.292. The minimum Gasteiger partial charge on any atom is -0.492 e. The molecule has 0 amide bonds. The summed E-state index contributed by atoms with van der Waals surface area (Å²) in [7, 11) is 0. The molecule has 0 spiro atoms. The summed E-state index contributed by atoms with van der Waals surface area (Å²) >= 11 is 0. The van der Waals surface area contributed by atoms with Crippen molar-refractivity contribution in [3.8, 4) is 17.0 Å². The van der Waals surface area contributed by atoms with Crippen molar-refractivity contribution in [3.05, 3.63) is 78.0 Å². The van der Waals surface area contributed by atoms with Crippen LogP contribution in [0.1, 0.15) is 18.2 Å². The van der Waals surface area contributed by atoms with Gasteiger partial charge in [-0.25, -0.2) is 4.79 Å². The summed E-state index contributed by atoms with van der Waals surface area (Å²) in [6.45, 7) is 5.56. The van der Waals surface area contributed by atoms with Gasteiger partial charge in [0.25, 0.3) is 0 Å². The van der Waals surface area contributed by atoms with Crippen molar-refractivity contribution in [2.45, 2.75) is 32.9 Å². The third-order valence-electron chi connectivity index (χ3n) is 4.84. The van der Waals surface area contributed by atoms with Gasteiger partial charge in [0.2, 0.25) is 0 Å². The van der Waals surface area contributed by atoms with Crippen molar-refractivity contribution in [2.24, 2.45) is 0 Å². The Kier molecular flexibility index (Phi) is 7.09. The van der Waals surface area contributed by atoms with Gasteiger partial charge in [-0.3, -0.25) is 0 Å². The van der Waals surface area contributed by atoms with Crippen LogP contribution in [-0.2, 0) is 22.5 Å². The number of hydrogen-bond acceptors (Lipinski definition) is 3. The number of ether oxygens (including phenoxy) is 2. The lowest BCUT2D eigenvalue weighted by Gasteiger charge is -2.14. The second kappa shape index (κ2) is 9.94. The molecule has 3 rings (SSSR count). The van der Waals surface area contributed by atoms with Gasteiger partial charge in [-0.05, 0) is 49.2 Å². The molecule has 1 N–H and O–H groups in total. The molecule has 0 bridgehead atoms. The van der Waals surface area contributed by atoms with Crippen LogP contribution in [0.4, 0.5) is 0 Å². The summed E-state index contributed by atoms with van der Waals surface area (Å²) < 4.78 is 13.4. The summed E-state index contributed by atoms with van der Waals surface area (Å²) in [5.74, 6) is -0.174. The Hall–Kier alpha value is -3.05. The number of nitrogens with zero attached hydrogens (tertiary/aromatic N) is 1. The third kappa shape index (κ3) is 5.48. The fourth-order valence-electron chi connectivity index (χ4n) is 3.34. The van der Waals surface area contributed by atoms with Gasteiger partial charge < -0.3 is 19.1 Å². The van der Waals surface area contributed by atoms with E-state index >= 15 is 0 Å². The zero-order chi connectivity index (χ0) is 20.6. The molecule has 1 heterocycles. The highest BCUT2D eigenvalue weighted by Crippen LogP contribution is 2.22. The molecular weight excluding hydrogens is 366 g/mol. The van der Waals surface area contributed by atoms with Crippen LogP contribution in [0.5, 0.6) is 5.75 Å². The van der Waals surface area contributed by atoms with Crippen molar-refractivity contribution >= 4 is 5.97 Å². The first-order valence-corrected chi connectivity index (χ1v) is 9.86. The quantitative estimate of drug-likeness (QED) is 0.548. The van der Waals surface area contributed by atoms with Gasteiger partial charge in [-0.1, -0.05) is 42.5 Å². The molecule has 1 atom stereocenters. The number of rotatable bonds is 10. The highest BCUT2D eigenvalue weighted by molar-refractivity contribution is 5.72. The molecule has 0 aliphatic carbocycles. The Morgan fingerprint density at radius 3 is 2.41 bits per heavy atom. The van der Waals surface area contributed by atoms with Crippen LogP contribution in [0.3, 0.4) is 0 Å². The summed E-state index contributed by atoms with van der Waals surface area (Å²) in [6.07, 6.45) is -0.480. The van der Waals surface area contributed by atoms with E-state index in [1.165, 1.54) is 17.0 Å². The summed E-state index contributed by atoms with van der Waals surface area (Å²) in [5, 5.41) is 9.20. The van der Waals surface area contributed by atoms with E-state index in [4.69, 9.17) is 9.47 Å². The van der Waals surface area contributed by atoms with Crippen molar-refractivity contribution in [1.29, 1.82) is 0 Å². The number of benzene rings is 2. The number of hydrogen-bond donors (Lipinski definition) is 1. The van der Waals surface area contributed by atoms with Gasteiger partial charge in [0.15, 0.2) is 6.10 Å². The number of aromatic nitrogens is 1. The minimum absolute atomic E-state index is 0.340. The summed E-state index contributed by atoms with van der Waals surface area (Å²) in [5.41, 5.74) is 4.47. The van der Waals surface area contributed by atoms with Crippen LogP contribution in [0.2, 0.25) is 0 Å². The first kappa shape index (κ1) is 20.7. The van der Waals surface area contributed by atoms with Crippen molar-refractivity contribution < 1.29 is 19.4 Å². The van der Waals surface area contributed by atoms with Crippen molar-refractivity contribution in [1.82, 2.24) is 4.57 Å². The van der Waals surface area contributed by atoms with E-state index in [1.54, 1.807) is 6.92 Å². The van der Waals surface area contributed by atoms with Crippen LogP contribution in [-0.4, -0.2) is 35.0 Å². The maximum atomic E-state index is 11.2. The number of carboxylic acids is 1. The lowest BCUT2D eigenvalue weighted by molar-refractivity contribution is -0.149. The maximum Gasteiger partial charge on any atom is 0.333 e. The molecule has 0 aliphatic rings. The molecule has 5 nitrogen and oxygen atoms in total. The lowest BCUT2D eigenvalue weighted by Crippen LogP contribution is -2.26. The van der Waals surface area contributed by atoms with Crippen molar-refractivity contribution in [2.75, 3.05) is 13.2 Å². The molecule has 0 saturated carbocycles. The van der Waals surface area contributed by atoms with E-state index < -0.39 is 12.1 Å². The van der Waals surface area contributed by atoms with E-state index in [0.29, 0.717) is 19.6 Å². The Morgan fingerprint density at radius 2 is 1.76 bits per heavy atom. The molecule has 5 heteroatoms. The zero-order valence-corrected chi connectivity index (χ0v) is 16.9. The standard InChI is InChI=1S/C24H27NO4/c1-3-28-23(24(26)27)17-19-10-12-21(13-11-19)29-16-15-25-18(2)9-14-22(25)20-7-5-4-6-8-20/h4-14,23H,3,15-17H2,1-2H3,(H,26,27)/t23-/m1/s1. The molecule has 0 radical (unpaired) electrons. The molecule has 1 aromatic heterocycles. The van der Waals surface area contributed by atoms with Gasteiger partial charge in [0, 0.05) is 24.4 Å². The first-order chi connectivity index (χ1) is 14.1. The monoisotopic (exact) mass is 393 g/mol. The second-order valence-electron chi connectivity index (χ2n) is 6.86. The van der Waals surface area contributed by atoms with Crippen LogP contribution in [0.25, 0.3) is 11.3 Å². The smallest absolute Gasteiger partial charge is 0.333 e. The zero-order valence-electron chi connectivity index (χ0n) is 16.9. The Morgan fingerprint density at radius 1 is 1.03 bits per heavy atom. The number of aryl methyl sites for hydroxylation is 1. The first-order valence-electron chi connectivity index (χ1n) is 9.86. The van der Waals surface area contributed by atoms with Crippen LogP contribution in [0.15, 0.2) is 66.7 Å². The summed E-state index contributed by atoms with van der Waals surface area (Å²) in [4.78, 5) is 11.2. The average molecular weight is 393 g/mol.